The van der Waals surface area contributed by atoms with Crippen LogP contribution in [0.4, 0.5) is 5.69 Å². The van der Waals surface area contributed by atoms with Gasteiger partial charge in [-0.2, -0.15) is 0 Å². The predicted molar refractivity (Wildman–Crippen MR) is 79.9 cm³/mol. The van der Waals surface area contributed by atoms with E-state index in [1.54, 1.807) is 18.2 Å². The van der Waals surface area contributed by atoms with Crippen molar-refractivity contribution < 1.29 is 15.0 Å². The Morgan fingerprint density at radius 2 is 2.00 bits per heavy atom. The van der Waals surface area contributed by atoms with Gasteiger partial charge in [0, 0.05) is 11.1 Å². The number of benzene rings is 2. The lowest BCUT2D eigenvalue weighted by atomic mass is 10.2. The van der Waals surface area contributed by atoms with Crippen LogP contribution in [0.25, 0.3) is 22.1 Å². The molecule has 0 bridgehead atoms. The number of halogens is 1. The maximum Gasteiger partial charge on any atom is 0.275 e. The zero-order valence-electron chi connectivity index (χ0n) is 11.6. The number of hydrogen-bond donors (Lipinski definition) is 1. The third-order valence-corrected chi connectivity index (χ3v) is 3.49. The van der Waals surface area contributed by atoms with Gasteiger partial charge in [0.1, 0.15) is 16.6 Å². The number of nitro benzene ring substituents is 1. The molecule has 0 saturated carbocycles. The highest BCUT2D eigenvalue weighted by Gasteiger charge is 2.20. The Morgan fingerprint density at radius 1 is 1.17 bits per heavy atom. The first-order valence-corrected chi connectivity index (χ1v) is 6.83. The van der Waals surface area contributed by atoms with Gasteiger partial charge in [-0.15, -0.1) is 10.2 Å². The van der Waals surface area contributed by atoms with E-state index in [4.69, 9.17) is 16.4 Å². The van der Waals surface area contributed by atoms with Crippen LogP contribution in [0.1, 0.15) is 0 Å². The normalized spacial score (nSPS) is 11.2. The number of rotatable bonds is 3. The highest BCUT2D eigenvalue weighted by molar-refractivity contribution is 6.31. The van der Waals surface area contributed by atoms with E-state index in [1.165, 1.54) is 0 Å². The second-order valence-electron chi connectivity index (χ2n) is 4.73. The maximum atomic E-state index is 11.1. The molecule has 4 aromatic rings. The molecule has 0 spiro atoms. The number of hydrogen-bond acceptors (Lipinski definition) is 8. The van der Waals surface area contributed by atoms with Crippen molar-refractivity contribution in [1.29, 1.82) is 0 Å². The first-order valence-electron chi connectivity index (χ1n) is 6.45. The average Bonchev–Trinajstić information content (AvgIpc) is 3.12. The summed E-state index contributed by atoms with van der Waals surface area (Å²) < 4.78 is 0. The van der Waals surface area contributed by atoms with Gasteiger partial charge < -0.3 is 10.0 Å². The summed E-state index contributed by atoms with van der Waals surface area (Å²) >= 11 is 5.94. The van der Waals surface area contributed by atoms with E-state index < -0.39 is 4.92 Å². The van der Waals surface area contributed by atoms with Gasteiger partial charge in [0.15, 0.2) is 11.3 Å². The molecular formula is C12H6ClN7O4. The summed E-state index contributed by atoms with van der Waals surface area (Å²) in [4.78, 5) is 17.5. The summed E-state index contributed by atoms with van der Waals surface area (Å²) in [6, 6.07) is 7.14. The molecule has 0 amide bonds. The summed E-state index contributed by atoms with van der Waals surface area (Å²) in [6.45, 7) is 0. The number of non-ortho nitro benzene ring substituents is 1. The van der Waals surface area contributed by atoms with Crippen LogP contribution in [0.2, 0.25) is 5.02 Å². The van der Waals surface area contributed by atoms with Crippen molar-refractivity contribution in [2.75, 3.05) is 0 Å². The molecule has 0 fully saturated rings. The summed E-state index contributed by atoms with van der Waals surface area (Å²) in [6.07, 6.45) is 0. The molecule has 0 aliphatic heterocycles. The van der Waals surface area contributed by atoms with Crippen LogP contribution in [-0.4, -0.2) is 40.4 Å². The molecule has 12 heteroatoms. The number of nitrogens with zero attached hydrogens (tertiary/aromatic N) is 7. The summed E-state index contributed by atoms with van der Waals surface area (Å²) in [5, 5.41) is 36.0. The zero-order valence-corrected chi connectivity index (χ0v) is 12.3. The predicted octanol–water partition coefficient (Wildman–Crippen LogP) is 1.82. The molecule has 0 aliphatic carbocycles. The second kappa shape index (κ2) is 5.03. The van der Waals surface area contributed by atoms with Crippen molar-refractivity contribution in [3.63, 3.8) is 0 Å². The van der Waals surface area contributed by atoms with Crippen LogP contribution in [0.3, 0.4) is 0 Å². The Balaban J connectivity index is 1.89. The molecule has 0 atom stereocenters. The van der Waals surface area contributed by atoms with Gasteiger partial charge in [-0.05, 0) is 28.6 Å². The van der Waals surface area contributed by atoms with Crippen molar-refractivity contribution in [2.24, 2.45) is 0 Å². The van der Waals surface area contributed by atoms with Crippen LogP contribution in [0.5, 0.6) is 5.75 Å². The van der Waals surface area contributed by atoms with E-state index in [2.05, 4.69) is 20.6 Å². The lowest BCUT2D eigenvalue weighted by molar-refractivity contribution is -0.384. The molecular weight excluding hydrogens is 342 g/mol. The number of fused-ring (bicyclic) bond motifs is 2. The quantitative estimate of drug-likeness (QED) is 0.337. The smallest absolute Gasteiger partial charge is 0.275 e. The monoisotopic (exact) mass is 347 g/mol. The highest BCUT2D eigenvalue weighted by Crippen LogP contribution is 2.30. The molecule has 0 saturated heterocycles. The maximum absolute atomic E-state index is 11.1. The Morgan fingerprint density at radius 3 is 2.79 bits per heavy atom. The van der Waals surface area contributed by atoms with Crippen LogP contribution in [0, 0.1) is 10.1 Å². The van der Waals surface area contributed by atoms with Crippen LogP contribution >= 0.6 is 11.6 Å². The van der Waals surface area contributed by atoms with Crippen molar-refractivity contribution in [3.05, 3.63) is 45.5 Å². The van der Waals surface area contributed by atoms with Gasteiger partial charge in [0.05, 0.1) is 11.0 Å². The molecule has 120 valence electrons. The Bertz CT molecular complexity index is 1110. The van der Waals surface area contributed by atoms with Gasteiger partial charge in [0.2, 0.25) is 0 Å². The van der Waals surface area contributed by atoms with Gasteiger partial charge in [-0.25, -0.2) is 0 Å². The van der Waals surface area contributed by atoms with E-state index in [-0.39, 0.29) is 22.5 Å². The van der Waals surface area contributed by atoms with E-state index in [0.717, 1.165) is 17.0 Å². The summed E-state index contributed by atoms with van der Waals surface area (Å²) in [5.74, 6) is -0.0220. The molecule has 24 heavy (non-hydrogen) atoms. The van der Waals surface area contributed by atoms with Crippen LogP contribution < -0.4 is 4.84 Å². The van der Waals surface area contributed by atoms with Crippen molar-refractivity contribution in [2.45, 2.75) is 0 Å². The minimum absolute atomic E-state index is 0.0154. The van der Waals surface area contributed by atoms with Gasteiger partial charge in [-0.1, -0.05) is 21.3 Å². The third kappa shape index (κ3) is 2.14. The topological polar surface area (TPSA) is 134 Å². The Kier molecular flexibility index (Phi) is 2.96. The Hall–Kier alpha value is -3.47. The largest absolute Gasteiger partial charge is 0.410 e. The van der Waals surface area contributed by atoms with Crippen molar-refractivity contribution in [1.82, 2.24) is 30.3 Å². The van der Waals surface area contributed by atoms with Crippen LogP contribution in [0.15, 0.2) is 30.3 Å². The number of aromatic nitrogens is 6. The lowest BCUT2D eigenvalue weighted by Crippen LogP contribution is -2.08. The zero-order chi connectivity index (χ0) is 16.8. The fourth-order valence-electron chi connectivity index (χ4n) is 2.17. The highest BCUT2D eigenvalue weighted by atomic mass is 35.5. The standard InChI is InChI=1S/C12H6ClN7O4/c13-6-1-2-8-9(3-6)19(17-14-8)24-11-5-7(20(22)23)4-10-12(11)15-16-18(10)21/h1-5,21H. The molecule has 4 rings (SSSR count). The van der Waals surface area contributed by atoms with E-state index in [1.807, 2.05) is 0 Å². The van der Waals surface area contributed by atoms with E-state index in [9.17, 15) is 15.3 Å². The van der Waals surface area contributed by atoms with Gasteiger partial charge >= 0.3 is 0 Å². The minimum atomic E-state index is -0.629. The minimum Gasteiger partial charge on any atom is -0.410 e. The van der Waals surface area contributed by atoms with Gasteiger partial charge in [-0.3, -0.25) is 10.1 Å². The molecule has 2 aromatic heterocycles. The fourth-order valence-corrected chi connectivity index (χ4v) is 2.34. The van der Waals surface area contributed by atoms with E-state index in [0.29, 0.717) is 20.9 Å². The first kappa shape index (κ1) is 14.1. The summed E-state index contributed by atoms with van der Waals surface area (Å²) in [7, 11) is 0. The molecule has 0 unspecified atom stereocenters. The molecule has 11 nitrogen and oxygen atoms in total. The second-order valence-corrected chi connectivity index (χ2v) is 5.17. The summed E-state index contributed by atoms with van der Waals surface area (Å²) in [5.41, 5.74) is 0.804. The molecule has 0 radical (unpaired) electrons. The third-order valence-electron chi connectivity index (χ3n) is 3.26. The lowest BCUT2D eigenvalue weighted by Gasteiger charge is -2.05. The van der Waals surface area contributed by atoms with E-state index >= 15 is 0 Å². The van der Waals surface area contributed by atoms with Crippen molar-refractivity contribution in [3.8, 4) is 5.75 Å². The molecule has 0 aliphatic rings. The molecule has 2 aromatic carbocycles. The van der Waals surface area contributed by atoms with Crippen LogP contribution in [-0.2, 0) is 0 Å². The first-order chi connectivity index (χ1) is 11.5. The number of nitro groups is 1. The fraction of sp³-hybridized carbons (Fsp3) is 0. The average molecular weight is 348 g/mol. The van der Waals surface area contributed by atoms with Crippen molar-refractivity contribution >= 4 is 39.4 Å². The Labute approximate surface area is 136 Å². The SMILES string of the molecule is O=[N+]([O-])c1cc(On2nnc3ccc(Cl)cc32)c2nnn(O)c2c1. The van der Waals surface area contributed by atoms with Gasteiger partial charge in [0.25, 0.3) is 5.69 Å². The molecule has 1 N–H and O–H groups in total. The molecule has 2 heterocycles.